The number of hydrogen-bond donors (Lipinski definition) is 0. The average molecular weight is 731 g/mol. The lowest BCUT2D eigenvalue weighted by Crippen LogP contribution is -2.01. The highest BCUT2D eigenvalue weighted by Crippen LogP contribution is 2.43. The third-order valence-corrected chi connectivity index (χ3v) is 11.1. The monoisotopic (exact) mass is 730 g/mol. The van der Waals surface area contributed by atoms with Gasteiger partial charge in [0.15, 0.2) is 17.5 Å². The Bertz CT molecular complexity index is 3470. The highest BCUT2D eigenvalue weighted by Gasteiger charge is 2.23. The molecule has 6 heteroatoms. The molecule has 0 atom stereocenters. The fraction of sp³-hybridized carbons (Fsp3) is 0. The van der Waals surface area contributed by atoms with E-state index in [1.807, 2.05) is 66.7 Å². The van der Waals surface area contributed by atoms with Gasteiger partial charge in [-0.1, -0.05) is 133 Å². The van der Waals surface area contributed by atoms with E-state index in [2.05, 4.69) is 120 Å². The second-order valence-electron chi connectivity index (χ2n) is 14.3. The Morgan fingerprint density at radius 1 is 0.333 bits per heavy atom. The van der Waals surface area contributed by atoms with Gasteiger partial charge in [-0.15, -0.1) is 0 Å². The third kappa shape index (κ3) is 4.87. The van der Waals surface area contributed by atoms with Gasteiger partial charge in [0.25, 0.3) is 0 Å². The van der Waals surface area contributed by atoms with Crippen LogP contribution in [-0.2, 0) is 0 Å². The van der Waals surface area contributed by atoms with Crippen molar-refractivity contribution in [3.63, 3.8) is 0 Å². The summed E-state index contributed by atoms with van der Waals surface area (Å²) in [5.41, 5.74) is 11.3. The van der Waals surface area contributed by atoms with Gasteiger partial charge in [0, 0.05) is 43.6 Å². The first kappa shape index (κ1) is 31.5. The van der Waals surface area contributed by atoms with E-state index < -0.39 is 0 Å². The van der Waals surface area contributed by atoms with Crippen molar-refractivity contribution in [1.82, 2.24) is 19.5 Å². The van der Waals surface area contributed by atoms with Crippen molar-refractivity contribution < 1.29 is 8.83 Å². The second kappa shape index (κ2) is 12.3. The second-order valence-corrected chi connectivity index (χ2v) is 14.3. The number of aromatic nitrogens is 4. The molecule has 12 aromatic rings. The predicted octanol–water partition coefficient (Wildman–Crippen LogP) is 13.4. The fourth-order valence-electron chi connectivity index (χ4n) is 8.56. The van der Waals surface area contributed by atoms with Crippen molar-refractivity contribution in [3.8, 4) is 51.0 Å². The van der Waals surface area contributed by atoms with Crippen molar-refractivity contribution in [2.24, 2.45) is 0 Å². The number of para-hydroxylation sites is 2. The maximum atomic E-state index is 6.65. The Morgan fingerprint density at radius 3 is 1.54 bits per heavy atom. The summed E-state index contributed by atoms with van der Waals surface area (Å²) in [6.07, 6.45) is 0. The summed E-state index contributed by atoms with van der Waals surface area (Å²) >= 11 is 0. The van der Waals surface area contributed by atoms with E-state index in [0.717, 1.165) is 88.4 Å². The number of hydrogen-bond acceptors (Lipinski definition) is 5. The lowest BCUT2D eigenvalue weighted by molar-refractivity contribution is 0.668. The van der Waals surface area contributed by atoms with Crippen molar-refractivity contribution in [1.29, 1.82) is 0 Å². The molecule has 0 saturated carbocycles. The van der Waals surface area contributed by atoms with Crippen LogP contribution in [0.15, 0.2) is 191 Å². The van der Waals surface area contributed by atoms with Crippen LogP contribution in [-0.4, -0.2) is 19.5 Å². The van der Waals surface area contributed by atoms with Crippen LogP contribution in [0.4, 0.5) is 0 Å². The first-order chi connectivity index (χ1) is 28.3. The largest absolute Gasteiger partial charge is 0.456 e. The molecular weight excluding hydrogens is 701 g/mol. The van der Waals surface area contributed by atoms with Crippen LogP contribution in [0, 0.1) is 0 Å². The van der Waals surface area contributed by atoms with E-state index in [1.54, 1.807) is 0 Å². The van der Waals surface area contributed by atoms with E-state index in [9.17, 15) is 0 Å². The molecule has 0 amide bonds. The number of rotatable bonds is 5. The number of furan rings is 2. The van der Waals surface area contributed by atoms with E-state index >= 15 is 0 Å². The van der Waals surface area contributed by atoms with E-state index in [0.29, 0.717) is 17.5 Å². The summed E-state index contributed by atoms with van der Waals surface area (Å²) in [4.78, 5) is 15.7. The Balaban J connectivity index is 1.12. The smallest absolute Gasteiger partial charge is 0.164 e. The third-order valence-electron chi connectivity index (χ3n) is 11.1. The summed E-state index contributed by atoms with van der Waals surface area (Å²) in [7, 11) is 0. The molecule has 0 saturated heterocycles. The molecule has 6 nitrogen and oxygen atoms in total. The average Bonchev–Trinajstić information content (AvgIpc) is 3.96. The van der Waals surface area contributed by atoms with Crippen molar-refractivity contribution >= 4 is 65.7 Å². The summed E-state index contributed by atoms with van der Waals surface area (Å²) in [6.45, 7) is 0. The van der Waals surface area contributed by atoms with Crippen LogP contribution in [0.3, 0.4) is 0 Å². The molecule has 8 aromatic carbocycles. The summed E-state index contributed by atoms with van der Waals surface area (Å²) < 4.78 is 15.5. The molecule has 266 valence electrons. The van der Waals surface area contributed by atoms with Crippen molar-refractivity contribution in [2.75, 3.05) is 0 Å². The Morgan fingerprint density at radius 2 is 0.860 bits per heavy atom. The number of fused-ring (bicyclic) bond motifs is 9. The summed E-state index contributed by atoms with van der Waals surface area (Å²) in [5, 5.41) is 6.30. The first-order valence-corrected chi connectivity index (χ1v) is 19.0. The van der Waals surface area contributed by atoms with Gasteiger partial charge in [0.05, 0.1) is 22.1 Å². The van der Waals surface area contributed by atoms with Gasteiger partial charge >= 0.3 is 0 Å². The van der Waals surface area contributed by atoms with Gasteiger partial charge in [0.2, 0.25) is 0 Å². The lowest BCUT2D eigenvalue weighted by Gasteiger charge is -2.12. The molecule has 0 fully saturated rings. The van der Waals surface area contributed by atoms with E-state index in [-0.39, 0.29) is 0 Å². The molecule has 0 bridgehead atoms. The zero-order chi connectivity index (χ0) is 37.5. The minimum atomic E-state index is 0.556. The summed E-state index contributed by atoms with van der Waals surface area (Å²) in [6, 6.07) is 62.5. The van der Waals surface area contributed by atoms with Gasteiger partial charge < -0.3 is 13.4 Å². The number of benzene rings is 8. The van der Waals surface area contributed by atoms with Crippen LogP contribution in [0.2, 0.25) is 0 Å². The molecule has 0 aliphatic carbocycles. The van der Waals surface area contributed by atoms with Crippen LogP contribution >= 0.6 is 0 Å². The summed E-state index contributed by atoms with van der Waals surface area (Å²) in [5.74, 6) is 1.70. The van der Waals surface area contributed by atoms with Crippen LogP contribution in [0.25, 0.3) is 117 Å². The van der Waals surface area contributed by atoms with Gasteiger partial charge in [-0.2, -0.15) is 0 Å². The minimum absolute atomic E-state index is 0.556. The predicted molar refractivity (Wildman–Crippen MR) is 230 cm³/mol. The van der Waals surface area contributed by atoms with Gasteiger partial charge in [-0.25, -0.2) is 15.0 Å². The molecule has 0 aliphatic heterocycles. The Hall–Kier alpha value is -7.83. The molecule has 0 radical (unpaired) electrons. The molecule has 12 rings (SSSR count). The van der Waals surface area contributed by atoms with Crippen LogP contribution < -0.4 is 0 Å². The SMILES string of the molecule is c1ccc(-c2ccc3c(c2)oc2cccc(-c4nc(-c5ccccc5)nc(-c5cccc6oc7cccc(-n8c9ccccc9c9ccccc98)c7c56)n4)c23)cc1. The first-order valence-electron chi connectivity index (χ1n) is 19.0. The molecule has 0 aliphatic rings. The van der Waals surface area contributed by atoms with E-state index in [1.165, 1.54) is 10.8 Å². The number of nitrogens with zero attached hydrogens (tertiary/aromatic N) is 4. The fourth-order valence-corrected chi connectivity index (χ4v) is 8.56. The Kier molecular flexibility index (Phi) is 6.83. The maximum Gasteiger partial charge on any atom is 0.164 e. The van der Waals surface area contributed by atoms with Crippen LogP contribution in [0.5, 0.6) is 0 Å². The standard InChI is InChI=1S/C51H30N4O2/c1-3-14-31(15-4-1)33-28-29-36-45(30-33)57-42-25-11-20-37(46(36)42)50-52-49(32-16-5-2-6-17-32)53-51(54-50)38-21-12-26-43-47(38)48-41(24-13-27-44(48)56-43)55-39-22-9-7-18-34(39)35-19-8-10-23-40(35)55/h1-30H. The molecule has 0 unspecified atom stereocenters. The van der Waals surface area contributed by atoms with Gasteiger partial charge in [-0.05, 0) is 59.7 Å². The van der Waals surface area contributed by atoms with Crippen molar-refractivity contribution in [3.05, 3.63) is 182 Å². The van der Waals surface area contributed by atoms with E-state index in [4.69, 9.17) is 23.8 Å². The minimum Gasteiger partial charge on any atom is -0.456 e. The Labute approximate surface area is 325 Å². The highest BCUT2D eigenvalue weighted by molar-refractivity contribution is 6.18. The maximum absolute atomic E-state index is 6.65. The molecular formula is C51H30N4O2. The van der Waals surface area contributed by atoms with Crippen molar-refractivity contribution in [2.45, 2.75) is 0 Å². The molecule has 0 N–H and O–H groups in total. The topological polar surface area (TPSA) is 69.9 Å². The lowest BCUT2D eigenvalue weighted by atomic mass is 10.0. The normalized spacial score (nSPS) is 11.9. The quantitative estimate of drug-likeness (QED) is 0.176. The molecule has 4 heterocycles. The van der Waals surface area contributed by atoms with Gasteiger partial charge in [0.1, 0.15) is 22.3 Å². The van der Waals surface area contributed by atoms with Crippen LogP contribution in [0.1, 0.15) is 0 Å². The molecule has 4 aromatic heterocycles. The van der Waals surface area contributed by atoms with Gasteiger partial charge in [-0.3, -0.25) is 0 Å². The molecule has 57 heavy (non-hydrogen) atoms. The molecule has 0 spiro atoms. The highest BCUT2D eigenvalue weighted by atomic mass is 16.3. The zero-order valence-electron chi connectivity index (χ0n) is 30.4. The zero-order valence-corrected chi connectivity index (χ0v) is 30.4.